The van der Waals surface area contributed by atoms with Gasteiger partial charge in [-0.25, -0.2) is 27.0 Å². The second-order valence-corrected chi connectivity index (χ2v) is 7.26. The molecule has 1 aromatic carbocycles. The number of sulfonamides is 1. The minimum atomic E-state index is -4.41. The summed E-state index contributed by atoms with van der Waals surface area (Å²) in [7, 11) is -3.31. The maximum Gasteiger partial charge on any atom is 0.360 e. The number of nitrogens with one attached hydrogen (secondary N) is 1. The lowest BCUT2D eigenvalue weighted by Crippen LogP contribution is -2.30. The third kappa shape index (κ3) is 3.76. The number of ether oxygens (including phenoxy) is 1. The zero-order chi connectivity index (χ0) is 20.5. The van der Waals surface area contributed by atoms with Crippen molar-refractivity contribution in [3.63, 3.8) is 0 Å². The molecule has 0 unspecified atom stereocenters. The average Bonchev–Trinajstić information content (AvgIpc) is 3.30. The van der Waals surface area contributed by atoms with Gasteiger partial charge in [-0.2, -0.15) is 5.10 Å². The first-order valence-corrected chi connectivity index (χ1v) is 9.13. The molecule has 0 spiro atoms. The Hall–Kier alpha value is -3.54. The molecule has 0 saturated carbocycles. The highest BCUT2D eigenvalue weighted by atomic mass is 32.2. The topological polar surface area (TPSA) is 133 Å². The lowest BCUT2D eigenvalue weighted by Gasteiger charge is -2.08. The number of esters is 1. The van der Waals surface area contributed by atoms with Gasteiger partial charge in [0.2, 0.25) is 5.76 Å². The highest BCUT2D eigenvalue weighted by Crippen LogP contribution is 2.19. The largest absolute Gasteiger partial charge is 0.464 e. The number of carbonyl (C=O) groups excluding carboxylic acids is 2. The highest BCUT2D eigenvalue weighted by Gasteiger charge is 2.24. The van der Waals surface area contributed by atoms with E-state index in [1.807, 2.05) is 0 Å². The van der Waals surface area contributed by atoms with Crippen LogP contribution in [0.4, 0.5) is 4.39 Å². The fourth-order valence-corrected chi connectivity index (χ4v) is 3.17. The molecule has 0 bridgehead atoms. The van der Waals surface area contributed by atoms with E-state index in [1.54, 1.807) is 17.8 Å². The molecule has 0 fully saturated rings. The van der Waals surface area contributed by atoms with Crippen LogP contribution in [0.5, 0.6) is 0 Å². The van der Waals surface area contributed by atoms with Crippen LogP contribution in [0.2, 0.25) is 0 Å². The van der Waals surface area contributed by atoms with Crippen LogP contribution in [0.25, 0.3) is 5.69 Å². The molecule has 0 aliphatic rings. The highest BCUT2D eigenvalue weighted by molar-refractivity contribution is 7.90. The van der Waals surface area contributed by atoms with Gasteiger partial charge in [-0.1, -0.05) is 5.16 Å². The molecule has 3 rings (SSSR count). The number of methoxy groups -OCH3 is 1. The average molecular weight is 408 g/mol. The van der Waals surface area contributed by atoms with E-state index in [2.05, 4.69) is 19.5 Å². The van der Waals surface area contributed by atoms with Crippen LogP contribution in [0, 0.1) is 12.7 Å². The molecule has 0 atom stereocenters. The number of hydrogen-bond acceptors (Lipinski definition) is 8. The molecule has 0 aliphatic heterocycles. The van der Waals surface area contributed by atoms with Crippen molar-refractivity contribution < 1.29 is 31.7 Å². The molecule has 28 heavy (non-hydrogen) atoms. The number of aromatic nitrogens is 3. The van der Waals surface area contributed by atoms with E-state index in [0.717, 1.165) is 30.9 Å². The van der Waals surface area contributed by atoms with Crippen LogP contribution in [-0.4, -0.2) is 42.3 Å². The lowest BCUT2D eigenvalue weighted by atomic mass is 10.3. The fourth-order valence-electron chi connectivity index (χ4n) is 2.20. The molecule has 2 heterocycles. The van der Waals surface area contributed by atoms with Gasteiger partial charge in [0.15, 0.2) is 5.69 Å². The number of amides is 1. The van der Waals surface area contributed by atoms with Crippen molar-refractivity contribution in [2.45, 2.75) is 11.8 Å². The first-order chi connectivity index (χ1) is 13.2. The standard InChI is InChI=1S/C16H13FN4O6S/c1-9-7-18-21(8-9)13-4-3-10(5-11(13)17)28(24,25)20-15(22)14-6-12(19-27-14)16(23)26-2/h3-8H,1-2H3,(H,20,22). The van der Waals surface area contributed by atoms with Crippen LogP contribution in [0.1, 0.15) is 26.6 Å². The second-order valence-electron chi connectivity index (χ2n) is 5.58. The molecule has 0 saturated heterocycles. The summed E-state index contributed by atoms with van der Waals surface area (Å²) >= 11 is 0. The van der Waals surface area contributed by atoms with E-state index < -0.39 is 38.4 Å². The van der Waals surface area contributed by atoms with Gasteiger partial charge in [-0.15, -0.1) is 0 Å². The van der Waals surface area contributed by atoms with Gasteiger partial charge < -0.3 is 9.26 Å². The Morgan fingerprint density at radius 1 is 1.29 bits per heavy atom. The number of halogens is 1. The van der Waals surface area contributed by atoms with E-state index in [1.165, 1.54) is 16.9 Å². The molecule has 0 radical (unpaired) electrons. The molecule has 10 nitrogen and oxygen atoms in total. The third-order valence-electron chi connectivity index (χ3n) is 3.54. The lowest BCUT2D eigenvalue weighted by molar-refractivity contribution is 0.0588. The summed E-state index contributed by atoms with van der Waals surface area (Å²) in [6.45, 7) is 1.77. The zero-order valence-corrected chi connectivity index (χ0v) is 15.4. The number of hydrogen-bond donors (Lipinski definition) is 1. The number of aryl methyl sites for hydroxylation is 1. The van der Waals surface area contributed by atoms with Crippen LogP contribution >= 0.6 is 0 Å². The molecule has 3 aromatic rings. The predicted molar refractivity (Wildman–Crippen MR) is 90.8 cm³/mol. The summed E-state index contributed by atoms with van der Waals surface area (Å²) in [5, 5.41) is 7.25. The van der Waals surface area contributed by atoms with Crippen molar-refractivity contribution in [1.82, 2.24) is 19.7 Å². The fraction of sp³-hybridized carbons (Fsp3) is 0.125. The first kappa shape index (κ1) is 19.2. The molecule has 0 aliphatic carbocycles. The van der Waals surface area contributed by atoms with Gasteiger partial charge >= 0.3 is 11.9 Å². The molecule has 2 aromatic heterocycles. The van der Waals surface area contributed by atoms with Crippen molar-refractivity contribution in [3.8, 4) is 5.69 Å². The van der Waals surface area contributed by atoms with E-state index >= 15 is 0 Å². The van der Waals surface area contributed by atoms with Crippen molar-refractivity contribution in [2.75, 3.05) is 7.11 Å². The Labute approximate surface area is 157 Å². The van der Waals surface area contributed by atoms with Crippen LogP contribution in [0.3, 0.4) is 0 Å². The van der Waals surface area contributed by atoms with Crippen LogP contribution in [0.15, 0.2) is 46.1 Å². The first-order valence-electron chi connectivity index (χ1n) is 7.64. The van der Waals surface area contributed by atoms with Gasteiger partial charge in [0.25, 0.3) is 10.0 Å². The molecular weight excluding hydrogens is 395 g/mol. The van der Waals surface area contributed by atoms with E-state index in [-0.39, 0.29) is 11.4 Å². The Kier molecular flexibility index (Phi) is 4.96. The maximum absolute atomic E-state index is 14.3. The Bertz CT molecular complexity index is 1170. The minimum absolute atomic E-state index is 0.0383. The van der Waals surface area contributed by atoms with Crippen molar-refractivity contribution in [2.24, 2.45) is 0 Å². The monoisotopic (exact) mass is 408 g/mol. The Morgan fingerprint density at radius 3 is 2.64 bits per heavy atom. The van der Waals surface area contributed by atoms with Gasteiger partial charge in [-0.05, 0) is 30.7 Å². The van der Waals surface area contributed by atoms with Gasteiger partial charge in [0.1, 0.15) is 11.5 Å². The predicted octanol–water partition coefficient (Wildman–Crippen LogP) is 1.21. The Morgan fingerprint density at radius 2 is 2.04 bits per heavy atom. The summed E-state index contributed by atoms with van der Waals surface area (Å²) in [5.74, 6) is -3.44. The maximum atomic E-state index is 14.3. The summed E-state index contributed by atoms with van der Waals surface area (Å²) in [6, 6.07) is 4.00. The molecule has 146 valence electrons. The molecule has 1 N–H and O–H groups in total. The summed E-state index contributed by atoms with van der Waals surface area (Å²) < 4.78 is 51.0. The minimum Gasteiger partial charge on any atom is -0.464 e. The third-order valence-corrected chi connectivity index (χ3v) is 4.87. The number of rotatable bonds is 5. The number of nitrogens with zero attached hydrogens (tertiary/aromatic N) is 3. The molecular formula is C16H13FN4O6S. The smallest absolute Gasteiger partial charge is 0.360 e. The summed E-state index contributed by atoms with van der Waals surface area (Å²) in [5.41, 5.74) is 0.521. The normalized spacial score (nSPS) is 11.2. The SMILES string of the molecule is COC(=O)c1cc(C(=O)NS(=O)(=O)c2ccc(-n3cc(C)cn3)c(F)c2)on1. The summed E-state index contributed by atoms with van der Waals surface area (Å²) in [4.78, 5) is 22.9. The van der Waals surface area contributed by atoms with Gasteiger partial charge in [0.05, 0.1) is 18.2 Å². The quantitative estimate of drug-likeness (QED) is 0.623. The molecule has 1 amide bonds. The van der Waals surface area contributed by atoms with Crippen molar-refractivity contribution >= 4 is 21.9 Å². The number of benzene rings is 1. The van der Waals surface area contributed by atoms with Gasteiger partial charge in [0, 0.05) is 12.3 Å². The van der Waals surface area contributed by atoms with Crippen molar-refractivity contribution in [1.29, 1.82) is 0 Å². The summed E-state index contributed by atoms with van der Waals surface area (Å²) in [6.07, 6.45) is 3.08. The zero-order valence-electron chi connectivity index (χ0n) is 14.5. The number of carbonyl (C=O) groups is 2. The van der Waals surface area contributed by atoms with Crippen LogP contribution < -0.4 is 4.72 Å². The Balaban J connectivity index is 1.82. The van der Waals surface area contributed by atoms with Crippen LogP contribution in [-0.2, 0) is 14.8 Å². The van der Waals surface area contributed by atoms with E-state index in [0.29, 0.717) is 0 Å². The second kappa shape index (κ2) is 7.23. The van der Waals surface area contributed by atoms with E-state index in [4.69, 9.17) is 0 Å². The van der Waals surface area contributed by atoms with E-state index in [9.17, 15) is 22.4 Å². The van der Waals surface area contributed by atoms with Gasteiger partial charge in [-0.3, -0.25) is 4.79 Å². The molecule has 12 heteroatoms. The van der Waals surface area contributed by atoms with Crippen molar-refractivity contribution in [3.05, 3.63) is 59.5 Å².